The van der Waals surface area contributed by atoms with E-state index in [0.29, 0.717) is 5.56 Å². The molecule has 26 heavy (non-hydrogen) atoms. The highest BCUT2D eigenvalue weighted by atomic mass is 19.4. The number of nitrogens with one attached hydrogen (secondary N) is 1. The molecule has 8 heteroatoms. The van der Waals surface area contributed by atoms with E-state index >= 15 is 0 Å². The van der Waals surface area contributed by atoms with Gasteiger partial charge >= 0.3 is 6.18 Å². The first-order valence-corrected chi connectivity index (χ1v) is 7.59. The zero-order chi connectivity index (χ0) is 18.7. The molecular formula is C18H13F4N3O. The number of hydrogen-bond donors (Lipinski definition) is 1. The number of aromatic nitrogens is 2. The van der Waals surface area contributed by atoms with Crippen molar-refractivity contribution in [3.8, 4) is 0 Å². The van der Waals surface area contributed by atoms with Crippen LogP contribution in [0.25, 0.3) is 0 Å². The van der Waals surface area contributed by atoms with Crippen LogP contribution >= 0.6 is 0 Å². The summed E-state index contributed by atoms with van der Waals surface area (Å²) in [6, 6.07) is 12.6. The van der Waals surface area contributed by atoms with Crippen molar-refractivity contribution >= 4 is 11.7 Å². The van der Waals surface area contributed by atoms with Gasteiger partial charge in [-0.2, -0.15) is 18.3 Å². The lowest BCUT2D eigenvalue weighted by molar-refractivity contribution is -0.138. The minimum absolute atomic E-state index is 0.156. The van der Waals surface area contributed by atoms with Gasteiger partial charge in [0.25, 0.3) is 5.91 Å². The first-order valence-electron chi connectivity index (χ1n) is 7.59. The standard InChI is InChI=1S/C18H13F4N3O/c19-15-8-4-7-14(18(20,21)22)13(15)11-25-10-9-16(24-25)23-17(26)12-5-2-1-3-6-12/h1-10H,11H2,(H,23,24,26). The molecule has 134 valence electrons. The number of anilines is 1. The van der Waals surface area contributed by atoms with Gasteiger partial charge < -0.3 is 5.32 Å². The van der Waals surface area contributed by atoms with Gasteiger partial charge in [-0.3, -0.25) is 9.48 Å². The molecule has 3 aromatic rings. The molecule has 1 aromatic heterocycles. The zero-order valence-corrected chi connectivity index (χ0v) is 13.3. The summed E-state index contributed by atoms with van der Waals surface area (Å²) in [4.78, 5) is 12.1. The third kappa shape index (κ3) is 3.90. The number of hydrogen-bond acceptors (Lipinski definition) is 2. The molecule has 0 saturated carbocycles. The summed E-state index contributed by atoms with van der Waals surface area (Å²) in [7, 11) is 0. The van der Waals surface area contributed by atoms with E-state index in [9.17, 15) is 22.4 Å². The number of alkyl halides is 3. The first-order chi connectivity index (χ1) is 12.3. The number of amides is 1. The Labute approximate surface area is 146 Å². The summed E-state index contributed by atoms with van der Waals surface area (Å²) in [6.07, 6.45) is -3.30. The Morgan fingerprint density at radius 3 is 2.46 bits per heavy atom. The molecular weight excluding hydrogens is 350 g/mol. The van der Waals surface area contributed by atoms with Crippen LogP contribution in [-0.4, -0.2) is 15.7 Å². The maximum atomic E-state index is 13.9. The van der Waals surface area contributed by atoms with Crippen molar-refractivity contribution in [2.24, 2.45) is 0 Å². The molecule has 0 fully saturated rings. The summed E-state index contributed by atoms with van der Waals surface area (Å²) >= 11 is 0. The number of halogens is 4. The van der Waals surface area contributed by atoms with E-state index in [4.69, 9.17) is 0 Å². The van der Waals surface area contributed by atoms with Crippen molar-refractivity contribution in [2.45, 2.75) is 12.7 Å². The van der Waals surface area contributed by atoms with Gasteiger partial charge in [0, 0.05) is 23.4 Å². The third-order valence-corrected chi connectivity index (χ3v) is 3.66. The third-order valence-electron chi connectivity index (χ3n) is 3.66. The molecule has 0 radical (unpaired) electrons. The minimum atomic E-state index is -4.67. The Morgan fingerprint density at radius 2 is 1.77 bits per heavy atom. The van der Waals surface area contributed by atoms with Gasteiger partial charge in [-0.25, -0.2) is 4.39 Å². The van der Waals surface area contributed by atoms with Crippen LogP contribution in [0, 0.1) is 5.82 Å². The fourth-order valence-electron chi connectivity index (χ4n) is 2.44. The second-order valence-corrected chi connectivity index (χ2v) is 5.48. The first kappa shape index (κ1) is 17.7. The van der Waals surface area contributed by atoms with E-state index in [0.717, 1.165) is 22.9 Å². The Kier molecular flexibility index (Phi) is 4.75. The van der Waals surface area contributed by atoms with Gasteiger partial charge in [-0.1, -0.05) is 24.3 Å². The van der Waals surface area contributed by atoms with Crippen LogP contribution in [0.4, 0.5) is 23.4 Å². The Hall–Kier alpha value is -3.16. The number of carbonyl (C=O) groups is 1. The van der Waals surface area contributed by atoms with Gasteiger partial charge in [-0.05, 0) is 24.3 Å². The zero-order valence-electron chi connectivity index (χ0n) is 13.3. The number of benzene rings is 2. The number of carbonyl (C=O) groups excluding carboxylic acids is 1. The van der Waals surface area contributed by atoms with Crippen molar-refractivity contribution in [2.75, 3.05) is 5.32 Å². The largest absolute Gasteiger partial charge is 0.416 e. The molecule has 0 bridgehead atoms. The smallest absolute Gasteiger partial charge is 0.305 e. The van der Waals surface area contributed by atoms with Crippen LogP contribution in [0.3, 0.4) is 0 Å². The van der Waals surface area contributed by atoms with Gasteiger partial charge in [0.05, 0.1) is 12.1 Å². The molecule has 4 nitrogen and oxygen atoms in total. The fourth-order valence-corrected chi connectivity index (χ4v) is 2.44. The predicted octanol–water partition coefficient (Wildman–Crippen LogP) is 4.34. The van der Waals surface area contributed by atoms with Crippen molar-refractivity contribution < 1.29 is 22.4 Å². The fraction of sp³-hybridized carbons (Fsp3) is 0.111. The van der Waals surface area contributed by atoms with E-state index in [-0.39, 0.29) is 5.82 Å². The van der Waals surface area contributed by atoms with Crippen molar-refractivity contribution in [3.63, 3.8) is 0 Å². The summed E-state index contributed by atoms with van der Waals surface area (Å²) < 4.78 is 54.2. The lowest BCUT2D eigenvalue weighted by Crippen LogP contribution is -2.15. The van der Waals surface area contributed by atoms with Crippen LogP contribution in [0.2, 0.25) is 0 Å². The molecule has 0 aliphatic heterocycles. The molecule has 0 aliphatic rings. The van der Waals surface area contributed by atoms with Gasteiger partial charge in [0.2, 0.25) is 0 Å². The second kappa shape index (κ2) is 6.99. The molecule has 0 spiro atoms. The summed E-state index contributed by atoms with van der Waals surface area (Å²) in [5, 5.41) is 6.52. The molecule has 0 atom stereocenters. The summed E-state index contributed by atoms with van der Waals surface area (Å²) in [5.74, 6) is -1.22. The lowest BCUT2D eigenvalue weighted by atomic mass is 10.1. The van der Waals surface area contributed by atoms with E-state index in [1.165, 1.54) is 12.3 Å². The maximum Gasteiger partial charge on any atom is 0.416 e. The van der Waals surface area contributed by atoms with Crippen LogP contribution in [-0.2, 0) is 12.7 Å². The monoisotopic (exact) mass is 363 g/mol. The van der Waals surface area contributed by atoms with E-state index in [1.807, 2.05) is 0 Å². The van der Waals surface area contributed by atoms with Crippen LogP contribution in [0.5, 0.6) is 0 Å². The average Bonchev–Trinajstić information content (AvgIpc) is 3.03. The van der Waals surface area contributed by atoms with E-state index in [1.54, 1.807) is 30.3 Å². The lowest BCUT2D eigenvalue weighted by Gasteiger charge is -2.13. The van der Waals surface area contributed by atoms with E-state index in [2.05, 4.69) is 10.4 Å². The van der Waals surface area contributed by atoms with Crippen LogP contribution < -0.4 is 5.32 Å². The molecule has 0 aliphatic carbocycles. The van der Waals surface area contributed by atoms with Crippen LogP contribution in [0.15, 0.2) is 60.8 Å². The van der Waals surface area contributed by atoms with Crippen LogP contribution in [0.1, 0.15) is 21.5 Å². The Morgan fingerprint density at radius 1 is 1.04 bits per heavy atom. The quantitative estimate of drug-likeness (QED) is 0.701. The van der Waals surface area contributed by atoms with Crippen molar-refractivity contribution in [3.05, 3.63) is 83.3 Å². The topological polar surface area (TPSA) is 46.9 Å². The Balaban J connectivity index is 1.79. The number of rotatable bonds is 4. The molecule has 0 saturated heterocycles. The molecule has 1 heterocycles. The van der Waals surface area contributed by atoms with E-state index < -0.39 is 35.6 Å². The van der Waals surface area contributed by atoms with Gasteiger partial charge in [0.1, 0.15) is 5.82 Å². The SMILES string of the molecule is O=C(Nc1ccn(Cc2c(F)cccc2C(F)(F)F)n1)c1ccccc1. The highest BCUT2D eigenvalue weighted by Crippen LogP contribution is 2.33. The molecule has 1 amide bonds. The van der Waals surface area contributed by atoms with Crippen molar-refractivity contribution in [1.29, 1.82) is 0 Å². The average molecular weight is 363 g/mol. The van der Waals surface area contributed by atoms with Gasteiger partial charge in [-0.15, -0.1) is 0 Å². The summed E-state index contributed by atoms with van der Waals surface area (Å²) in [5.41, 5.74) is -1.15. The normalized spacial score (nSPS) is 11.4. The minimum Gasteiger partial charge on any atom is -0.305 e. The predicted molar refractivity (Wildman–Crippen MR) is 87.1 cm³/mol. The maximum absolute atomic E-state index is 13.9. The Bertz CT molecular complexity index is 920. The molecule has 0 unspecified atom stereocenters. The van der Waals surface area contributed by atoms with Gasteiger partial charge in [0.15, 0.2) is 5.82 Å². The second-order valence-electron chi connectivity index (χ2n) is 5.48. The summed E-state index contributed by atoms with van der Waals surface area (Å²) in [6.45, 7) is -0.414. The molecule has 2 aromatic carbocycles. The number of nitrogens with zero attached hydrogens (tertiary/aromatic N) is 2. The molecule has 3 rings (SSSR count). The van der Waals surface area contributed by atoms with Crippen molar-refractivity contribution in [1.82, 2.24) is 9.78 Å². The molecule has 1 N–H and O–H groups in total. The highest BCUT2D eigenvalue weighted by Gasteiger charge is 2.34. The highest BCUT2D eigenvalue weighted by molar-refractivity contribution is 6.03.